The van der Waals surface area contributed by atoms with E-state index >= 15 is 0 Å². The lowest BCUT2D eigenvalue weighted by Gasteiger charge is -2.26. The summed E-state index contributed by atoms with van der Waals surface area (Å²) in [7, 11) is 0. The summed E-state index contributed by atoms with van der Waals surface area (Å²) in [5, 5.41) is 3.59. The number of hydrogen-bond acceptors (Lipinski definition) is 3. The van der Waals surface area contributed by atoms with Gasteiger partial charge < -0.3 is 14.8 Å². The average Bonchev–Trinajstić information content (AvgIpc) is 2.70. The van der Waals surface area contributed by atoms with E-state index in [1.165, 1.54) is 24.8 Å². The van der Waals surface area contributed by atoms with Gasteiger partial charge in [0.25, 0.3) is 0 Å². The van der Waals surface area contributed by atoms with E-state index in [0.717, 1.165) is 37.7 Å². The lowest BCUT2D eigenvalue weighted by molar-refractivity contribution is 0.296. The van der Waals surface area contributed by atoms with Gasteiger partial charge >= 0.3 is 0 Å². The molecular formula is C17H25NO2. The van der Waals surface area contributed by atoms with Crippen molar-refractivity contribution in [2.75, 3.05) is 19.8 Å². The molecule has 110 valence electrons. The molecule has 0 aromatic heterocycles. The minimum atomic E-state index is 0.261. The summed E-state index contributed by atoms with van der Waals surface area (Å²) in [4.78, 5) is 0. The third kappa shape index (κ3) is 2.64. The van der Waals surface area contributed by atoms with E-state index in [4.69, 9.17) is 9.47 Å². The van der Waals surface area contributed by atoms with Crippen LogP contribution in [0, 0.1) is 0 Å². The standard InChI is InChI=1S/C17H25NO2/c1-3-18-14-7-8-17(2,12-14)13-5-6-15-16(11-13)20-10-4-9-19-15/h5-6,11,14,18H,3-4,7-10,12H2,1-2H3. The molecule has 0 spiro atoms. The summed E-state index contributed by atoms with van der Waals surface area (Å²) in [6.07, 6.45) is 4.67. The van der Waals surface area contributed by atoms with Gasteiger partial charge in [0.2, 0.25) is 0 Å². The summed E-state index contributed by atoms with van der Waals surface area (Å²) in [5.74, 6) is 1.82. The van der Waals surface area contributed by atoms with Crippen molar-refractivity contribution >= 4 is 0 Å². The van der Waals surface area contributed by atoms with Gasteiger partial charge in [0, 0.05) is 12.5 Å². The van der Waals surface area contributed by atoms with Crippen LogP contribution in [0.3, 0.4) is 0 Å². The highest BCUT2D eigenvalue weighted by Crippen LogP contribution is 2.43. The van der Waals surface area contributed by atoms with Crippen LogP contribution in [-0.2, 0) is 5.41 Å². The Bertz CT molecular complexity index is 474. The van der Waals surface area contributed by atoms with E-state index in [9.17, 15) is 0 Å². The van der Waals surface area contributed by atoms with Crippen LogP contribution >= 0.6 is 0 Å². The second-order valence-electron chi connectivity index (χ2n) is 6.27. The zero-order valence-corrected chi connectivity index (χ0v) is 12.6. The van der Waals surface area contributed by atoms with Crippen LogP contribution in [0.1, 0.15) is 45.1 Å². The molecule has 2 unspecified atom stereocenters. The van der Waals surface area contributed by atoms with Crippen molar-refractivity contribution in [2.45, 2.75) is 51.0 Å². The Morgan fingerprint density at radius 3 is 2.85 bits per heavy atom. The van der Waals surface area contributed by atoms with E-state index in [2.05, 4.69) is 37.4 Å². The predicted octanol–water partition coefficient (Wildman–Crippen LogP) is 3.27. The first kappa shape index (κ1) is 13.7. The zero-order chi connectivity index (χ0) is 14.0. The SMILES string of the molecule is CCNC1CCC(C)(c2ccc3c(c2)OCCCO3)C1. The molecule has 0 radical (unpaired) electrons. The third-order valence-corrected chi connectivity index (χ3v) is 4.68. The fourth-order valence-electron chi connectivity index (χ4n) is 3.50. The molecule has 1 heterocycles. The highest BCUT2D eigenvalue weighted by molar-refractivity contribution is 5.46. The van der Waals surface area contributed by atoms with Crippen LogP contribution in [0.2, 0.25) is 0 Å². The van der Waals surface area contributed by atoms with Crippen molar-refractivity contribution in [1.29, 1.82) is 0 Å². The molecule has 2 atom stereocenters. The lowest BCUT2D eigenvalue weighted by Crippen LogP contribution is -2.28. The van der Waals surface area contributed by atoms with Gasteiger partial charge in [0.05, 0.1) is 13.2 Å². The maximum atomic E-state index is 5.83. The van der Waals surface area contributed by atoms with Crippen LogP contribution in [0.25, 0.3) is 0 Å². The van der Waals surface area contributed by atoms with Crippen LogP contribution < -0.4 is 14.8 Å². The minimum Gasteiger partial charge on any atom is -0.490 e. The monoisotopic (exact) mass is 275 g/mol. The largest absolute Gasteiger partial charge is 0.490 e. The normalized spacial score (nSPS) is 29.2. The average molecular weight is 275 g/mol. The highest BCUT2D eigenvalue weighted by Gasteiger charge is 2.36. The molecule has 1 saturated carbocycles. The van der Waals surface area contributed by atoms with Crippen molar-refractivity contribution in [2.24, 2.45) is 0 Å². The van der Waals surface area contributed by atoms with E-state index in [1.54, 1.807) is 0 Å². The van der Waals surface area contributed by atoms with Gasteiger partial charge in [0.1, 0.15) is 0 Å². The number of nitrogens with one attached hydrogen (secondary N) is 1. The topological polar surface area (TPSA) is 30.5 Å². The Labute approximate surface area is 121 Å². The van der Waals surface area contributed by atoms with Gasteiger partial charge in [-0.2, -0.15) is 0 Å². The van der Waals surface area contributed by atoms with Crippen LogP contribution in [0.5, 0.6) is 11.5 Å². The fourth-order valence-corrected chi connectivity index (χ4v) is 3.50. The van der Waals surface area contributed by atoms with Crippen LogP contribution in [0.15, 0.2) is 18.2 Å². The summed E-state index contributed by atoms with van der Waals surface area (Å²) in [6.45, 7) is 7.13. The number of ether oxygens (including phenoxy) is 2. The fraction of sp³-hybridized carbons (Fsp3) is 0.647. The molecule has 1 N–H and O–H groups in total. The van der Waals surface area contributed by atoms with Crippen molar-refractivity contribution < 1.29 is 9.47 Å². The van der Waals surface area contributed by atoms with Gasteiger partial charge in [-0.05, 0) is 48.9 Å². The highest BCUT2D eigenvalue weighted by atomic mass is 16.5. The first-order valence-corrected chi connectivity index (χ1v) is 7.85. The molecule has 1 aliphatic carbocycles. The molecule has 3 nitrogen and oxygen atoms in total. The van der Waals surface area contributed by atoms with Gasteiger partial charge in [0.15, 0.2) is 11.5 Å². The first-order chi connectivity index (χ1) is 9.71. The Kier molecular flexibility index (Phi) is 3.88. The molecule has 1 aromatic rings. The van der Waals surface area contributed by atoms with Gasteiger partial charge in [-0.1, -0.05) is 19.9 Å². The third-order valence-electron chi connectivity index (χ3n) is 4.68. The van der Waals surface area contributed by atoms with Crippen LogP contribution in [0.4, 0.5) is 0 Å². The summed E-state index contributed by atoms with van der Waals surface area (Å²) >= 11 is 0. The molecule has 0 amide bonds. The molecule has 1 fully saturated rings. The van der Waals surface area contributed by atoms with Crippen molar-refractivity contribution in [3.63, 3.8) is 0 Å². The molecule has 20 heavy (non-hydrogen) atoms. The quantitative estimate of drug-likeness (QED) is 0.918. The zero-order valence-electron chi connectivity index (χ0n) is 12.6. The molecule has 1 aliphatic heterocycles. The summed E-state index contributed by atoms with van der Waals surface area (Å²) in [5.41, 5.74) is 1.65. The predicted molar refractivity (Wildman–Crippen MR) is 80.7 cm³/mol. The van der Waals surface area contributed by atoms with Crippen molar-refractivity contribution in [3.05, 3.63) is 23.8 Å². The maximum Gasteiger partial charge on any atom is 0.161 e. The molecule has 0 bridgehead atoms. The molecule has 2 aliphatic rings. The first-order valence-electron chi connectivity index (χ1n) is 7.85. The second kappa shape index (κ2) is 5.65. The number of benzene rings is 1. The van der Waals surface area contributed by atoms with E-state index in [0.29, 0.717) is 6.04 Å². The van der Waals surface area contributed by atoms with Gasteiger partial charge in [-0.3, -0.25) is 0 Å². The Morgan fingerprint density at radius 2 is 2.05 bits per heavy atom. The smallest absolute Gasteiger partial charge is 0.161 e. The van der Waals surface area contributed by atoms with E-state index in [-0.39, 0.29) is 5.41 Å². The Hall–Kier alpha value is -1.22. The van der Waals surface area contributed by atoms with Crippen molar-refractivity contribution in [1.82, 2.24) is 5.32 Å². The second-order valence-corrected chi connectivity index (χ2v) is 6.27. The summed E-state index contributed by atoms with van der Waals surface area (Å²) in [6, 6.07) is 7.17. The molecule has 3 rings (SSSR count). The molecule has 0 saturated heterocycles. The van der Waals surface area contributed by atoms with E-state index < -0.39 is 0 Å². The van der Waals surface area contributed by atoms with Gasteiger partial charge in [-0.15, -0.1) is 0 Å². The lowest BCUT2D eigenvalue weighted by atomic mass is 9.80. The van der Waals surface area contributed by atoms with E-state index in [1.807, 2.05) is 0 Å². The molecular weight excluding hydrogens is 250 g/mol. The number of rotatable bonds is 3. The number of fused-ring (bicyclic) bond motifs is 1. The van der Waals surface area contributed by atoms with Crippen molar-refractivity contribution in [3.8, 4) is 11.5 Å². The Balaban J connectivity index is 1.82. The molecule has 1 aromatic carbocycles. The number of hydrogen-bond donors (Lipinski definition) is 1. The maximum absolute atomic E-state index is 5.83. The molecule has 3 heteroatoms. The minimum absolute atomic E-state index is 0.261. The summed E-state index contributed by atoms with van der Waals surface area (Å²) < 4.78 is 11.5. The Morgan fingerprint density at radius 1 is 1.25 bits per heavy atom. The van der Waals surface area contributed by atoms with Crippen LogP contribution in [-0.4, -0.2) is 25.8 Å². The van der Waals surface area contributed by atoms with Gasteiger partial charge in [-0.25, -0.2) is 0 Å².